The predicted octanol–water partition coefficient (Wildman–Crippen LogP) is 3.21. The number of hydrogen-bond donors (Lipinski definition) is 0. The molecule has 0 spiro atoms. The summed E-state index contributed by atoms with van der Waals surface area (Å²) in [4.78, 5) is 19.6. The van der Waals surface area contributed by atoms with E-state index in [4.69, 9.17) is 0 Å². The van der Waals surface area contributed by atoms with Crippen LogP contribution in [0.25, 0.3) is 5.69 Å². The molecule has 3 aromatic rings. The molecule has 2 heterocycles. The molecule has 4 nitrogen and oxygen atoms in total. The second-order valence-electron chi connectivity index (χ2n) is 4.73. The third-order valence-corrected chi connectivity index (χ3v) is 4.07. The van der Waals surface area contributed by atoms with Crippen LogP contribution in [0.3, 0.4) is 0 Å². The van der Waals surface area contributed by atoms with Gasteiger partial charge in [-0.05, 0) is 23.6 Å². The van der Waals surface area contributed by atoms with Gasteiger partial charge in [0.1, 0.15) is 5.69 Å². The Bertz CT molecular complexity index is 719. The van der Waals surface area contributed by atoms with Crippen molar-refractivity contribution >= 4 is 17.2 Å². The van der Waals surface area contributed by atoms with E-state index >= 15 is 0 Å². The Labute approximate surface area is 127 Å². The number of benzene rings is 1. The molecule has 0 unspecified atom stereocenters. The predicted molar refractivity (Wildman–Crippen MR) is 83.7 cm³/mol. The monoisotopic (exact) mass is 297 g/mol. The zero-order valence-corrected chi connectivity index (χ0v) is 12.5. The van der Waals surface area contributed by atoms with Crippen molar-refractivity contribution in [1.29, 1.82) is 0 Å². The van der Waals surface area contributed by atoms with Crippen molar-refractivity contribution in [3.05, 3.63) is 70.9 Å². The van der Waals surface area contributed by atoms with Crippen molar-refractivity contribution < 1.29 is 4.79 Å². The van der Waals surface area contributed by atoms with Crippen molar-refractivity contribution in [3.8, 4) is 5.69 Å². The summed E-state index contributed by atoms with van der Waals surface area (Å²) in [6.45, 7) is 0.608. The van der Waals surface area contributed by atoms with E-state index in [-0.39, 0.29) is 5.91 Å². The highest BCUT2D eigenvalue weighted by Crippen LogP contribution is 2.15. The van der Waals surface area contributed by atoms with E-state index in [2.05, 4.69) is 4.98 Å². The summed E-state index contributed by atoms with van der Waals surface area (Å²) in [5.74, 6) is -0.0373. The Hall–Kier alpha value is -2.40. The summed E-state index contributed by atoms with van der Waals surface area (Å²) in [5.41, 5.74) is 1.50. The topological polar surface area (TPSA) is 38.1 Å². The number of para-hydroxylation sites is 1. The highest BCUT2D eigenvalue weighted by atomic mass is 32.1. The van der Waals surface area contributed by atoms with Crippen LogP contribution in [-0.2, 0) is 6.54 Å². The summed E-state index contributed by atoms with van der Waals surface area (Å²) in [7, 11) is 1.81. The molecule has 21 heavy (non-hydrogen) atoms. The number of thiophene rings is 1. The lowest BCUT2D eigenvalue weighted by molar-refractivity contribution is 0.0778. The fourth-order valence-electron chi connectivity index (χ4n) is 2.15. The molecule has 0 saturated heterocycles. The van der Waals surface area contributed by atoms with E-state index in [0.29, 0.717) is 12.2 Å². The van der Waals surface area contributed by atoms with Crippen molar-refractivity contribution in [2.45, 2.75) is 6.54 Å². The van der Waals surface area contributed by atoms with E-state index in [0.717, 1.165) is 10.6 Å². The molecule has 5 heteroatoms. The number of carbonyl (C=O) groups is 1. The van der Waals surface area contributed by atoms with Gasteiger partial charge in [0.05, 0.1) is 19.1 Å². The van der Waals surface area contributed by atoms with Crippen LogP contribution in [0.15, 0.2) is 60.4 Å². The van der Waals surface area contributed by atoms with Gasteiger partial charge in [-0.2, -0.15) is 0 Å². The Morgan fingerprint density at radius 3 is 2.76 bits per heavy atom. The van der Waals surface area contributed by atoms with Gasteiger partial charge >= 0.3 is 0 Å². The van der Waals surface area contributed by atoms with Crippen LogP contribution in [0.2, 0.25) is 0 Å². The third kappa shape index (κ3) is 2.87. The van der Waals surface area contributed by atoms with E-state index < -0.39 is 0 Å². The highest BCUT2D eigenvalue weighted by Gasteiger charge is 2.17. The first-order chi connectivity index (χ1) is 10.3. The second kappa shape index (κ2) is 5.93. The number of rotatable bonds is 4. The van der Waals surface area contributed by atoms with Gasteiger partial charge in [0.2, 0.25) is 0 Å². The minimum Gasteiger partial charge on any atom is -0.335 e. The van der Waals surface area contributed by atoms with Crippen LogP contribution in [0, 0.1) is 0 Å². The molecule has 1 aromatic carbocycles. The summed E-state index contributed by atoms with van der Waals surface area (Å²) in [5, 5.41) is 2.02. The zero-order chi connectivity index (χ0) is 14.7. The summed E-state index contributed by atoms with van der Waals surface area (Å²) in [6.07, 6.45) is 3.28. The maximum atomic E-state index is 12.6. The van der Waals surface area contributed by atoms with Crippen molar-refractivity contribution in [1.82, 2.24) is 14.5 Å². The summed E-state index contributed by atoms with van der Waals surface area (Å²) < 4.78 is 1.81. The molecule has 0 aliphatic rings. The standard InChI is InChI=1S/C16H15N3OS/c1-18(11-14-8-5-9-21-14)16(20)15-10-17-12-19(15)13-6-3-2-4-7-13/h2-10,12H,11H2,1H3. The fraction of sp³-hybridized carbons (Fsp3) is 0.125. The Balaban J connectivity index is 1.84. The molecule has 0 N–H and O–H groups in total. The van der Waals surface area contributed by atoms with Crippen LogP contribution in [0.5, 0.6) is 0 Å². The number of carbonyl (C=O) groups excluding carboxylic acids is 1. The Kier molecular flexibility index (Phi) is 3.83. The van der Waals surface area contributed by atoms with Gasteiger partial charge in [0.25, 0.3) is 5.91 Å². The fourth-order valence-corrected chi connectivity index (χ4v) is 2.91. The van der Waals surface area contributed by atoms with Crippen molar-refractivity contribution in [2.75, 3.05) is 7.05 Å². The molecule has 0 fully saturated rings. The smallest absolute Gasteiger partial charge is 0.272 e. The molecule has 0 aliphatic carbocycles. The number of amides is 1. The maximum Gasteiger partial charge on any atom is 0.272 e. The lowest BCUT2D eigenvalue weighted by Crippen LogP contribution is -2.27. The minimum absolute atomic E-state index is 0.0373. The molecule has 0 aliphatic heterocycles. The molecular formula is C16H15N3OS. The second-order valence-corrected chi connectivity index (χ2v) is 5.76. The average molecular weight is 297 g/mol. The van der Waals surface area contributed by atoms with Crippen LogP contribution < -0.4 is 0 Å². The number of hydrogen-bond acceptors (Lipinski definition) is 3. The first-order valence-electron chi connectivity index (χ1n) is 6.61. The van der Waals surface area contributed by atoms with E-state index in [1.54, 1.807) is 28.8 Å². The largest absolute Gasteiger partial charge is 0.335 e. The average Bonchev–Trinajstić information content (AvgIpc) is 3.18. The summed E-state index contributed by atoms with van der Waals surface area (Å²) in [6, 6.07) is 13.8. The lowest BCUT2D eigenvalue weighted by Gasteiger charge is -2.17. The molecule has 0 radical (unpaired) electrons. The number of imidazole rings is 1. The van der Waals surface area contributed by atoms with E-state index in [1.165, 1.54) is 0 Å². The first kappa shape index (κ1) is 13.6. The first-order valence-corrected chi connectivity index (χ1v) is 7.49. The minimum atomic E-state index is -0.0373. The van der Waals surface area contributed by atoms with Crippen molar-refractivity contribution in [2.24, 2.45) is 0 Å². The van der Waals surface area contributed by atoms with E-state index in [9.17, 15) is 4.79 Å². The SMILES string of the molecule is CN(Cc1cccs1)C(=O)c1cncn1-c1ccccc1. The van der Waals surface area contributed by atoms with Gasteiger partial charge in [-0.3, -0.25) is 9.36 Å². The summed E-state index contributed by atoms with van der Waals surface area (Å²) >= 11 is 1.65. The van der Waals surface area contributed by atoms with Crippen molar-refractivity contribution in [3.63, 3.8) is 0 Å². The quantitative estimate of drug-likeness (QED) is 0.741. The maximum absolute atomic E-state index is 12.6. The lowest BCUT2D eigenvalue weighted by atomic mass is 10.3. The third-order valence-electron chi connectivity index (χ3n) is 3.21. The molecule has 0 bridgehead atoms. The van der Waals surface area contributed by atoms with Gasteiger partial charge in [-0.25, -0.2) is 4.98 Å². The van der Waals surface area contributed by atoms with Gasteiger partial charge in [-0.1, -0.05) is 24.3 Å². The molecule has 3 rings (SSSR count). The molecule has 0 atom stereocenters. The number of aromatic nitrogens is 2. The van der Waals surface area contributed by atoms with Gasteiger partial charge < -0.3 is 4.90 Å². The van der Waals surface area contributed by atoms with Gasteiger partial charge in [-0.15, -0.1) is 11.3 Å². The molecule has 1 amide bonds. The zero-order valence-electron chi connectivity index (χ0n) is 11.6. The number of nitrogens with zero attached hydrogens (tertiary/aromatic N) is 3. The van der Waals surface area contributed by atoms with Crippen LogP contribution in [0.1, 0.15) is 15.4 Å². The van der Waals surface area contributed by atoms with E-state index in [1.807, 2.05) is 59.5 Å². The Morgan fingerprint density at radius 1 is 1.24 bits per heavy atom. The molecular weight excluding hydrogens is 282 g/mol. The van der Waals surface area contributed by atoms with Crippen LogP contribution in [-0.4, -0.2) is 27.4 Å². The highest BCUT2D eigenvalue weighted by molar-refractivity contribution is 7.09. The normalized spacial score (nSPS) is 10.5. The molecule has 0 saturated carbocycles. The van der Waals surface area contributed by atoms with Gasteiger partial charge in [0, 0.05) is 17.6 Å². The molecule has 2 aromatic heterocycles. The van der Waals surface area contributed by atoms with Crippen LogP contribution >= 0.6 is 11.3 Å². The van der Waals surface area contributed by atoms with Crippen LogP contribution in [0.4, 0.5) is 0 Å². The Morgan fingerprint density at radius 2 is 2.05 bits per heavy atom. The van der Waals surface area contributed by atoms with Gasteiger partial charge in [0.15, 0.2) is 0 Å². The molecule has 106 valence electrons.